The van der Waals surface area contributed by atoms with E-state index in [1.807, 2.05) is 37.3 Å². The molecule has 1 saturated heterocycles. The van der Waals surface area contributed by atoms with E-state index in [2.05, 4.69) is 50.1 Å². The summed E-state index contributed by atoms with van der Waals surface area (Å²) in [7, 11) is 1.79. The third-order valence-electron chi connectivity index (χ3n) is 4.89. The van der Waals surface area contributed by atoms with Gasteiger partial charge >= 0.3 is 0 Å². The van der Waals surface area contributed by atoms with Crippen LogP contribution in [0, 0.1) is 0 Å². The Kier molecular flexibility index (Phi) is 6.89. The van der Waals surface area contributed by atoms with Gasteiger partial charge in [-0.05, 0) is 43.2 Å². The maximum atomic E-state index is 11.8. The smallest absolute Gasteiger partial charge is 0.251 e. The van der Waals surface area contributed by atoms with Crippen molar-refractivity contribution >= 4 is 17.6 Å². The Balaban J connectivity index is 1.48. The second-order valence-electron chi connectivity index (χ2n) is 6.89. The van der Waals surface area contributed by atoms with Crippen LogP contribution in [-0.4, -0.2) is 44.6 Å². The molecule has 0 saturated carbocycles. The minimum Gasteiger partial charge on any atom is -0.369 e. The van der Waals surface area contributed by atoms with Crippen LogP contribution in [0.4, 0.5) is 5.69 Å². The lowest BCUT2D eigenvalue weighted by molar-refractivity contribution is 0.0956. The van der Waals surface area contributed by atoms with Gasteiger partial charge in [0, 0.05) is 50.5 Å². The number of rotatable bonds is 6. The number of para-hydroxylation sites is 1. The third kappa shape index (κ3) is 5.25. The number of nitrogens with zero attached hydrogens (tertiary/aromatic N) is 2. The molecule has 0 aliphatic carbocycles. The Hall–Kier alpha value is -3.02. The number of carbonyl (C=O) groups excluding carboxylic acids is 1. The van der Waals surface area contributed by atoms with Gasteiger partial charge in [-0.1, -0.05) is 30.3 Å². The molecule has 3 rings (SSSR count). The molecule has 0 spiro atoms. The molecule has 0 bridgehead atoms. The Bertz CT molecular complexity index is 788. The van der Waals surface area contributed by atoms with Crippen molar-refractivity contribution in [1.82, 2.24) is 16.0 Å². The van der Waals surface area contributed by atoms with Gasteiger partial charge in [0.15, 0.2) is 5.96 Å². The molecular weight excluding hydrogens is 350 g/mol. The van der Waals surface area contributed by atoms with Crippen molar-refractivity contribution in [3.8, 4) is 0 Å². The molecule has 148 valence electrons. The molecule has 3 N–H and O–H groups in total. The molecule has 2 aromatic rings. The van der Waals surface area contributed by atoms with Gasteiger partial charge in [0.1, 0.15) is 0 Å². The van der Waals surface area contributed by atoms with Crippen LogP contribution in [0.1, 0.15) is 29.3 Å². The molecule has 2 aromatic carbocycles. The van der Waals surface area contributed by atoms with Crippen LogP contribution in [0.15, 0.2) is 59.6 Å². The summed E-state index contributed by atoms with van der Waals surface area (Å²) in [6.07, 6.45) is 1.08. The van der Waals surface area contributed by atoms with Crippen LogP contribution in [0.5, 0.6) is 0 Å². The summed E-state index contributed by atoms with van der Waals surface area (Å²) < 4.78 is 0. The van der Waals surface area contributed by atoms with E-state index in [0.717, 1.165) is 31.0 Å². The van der Waals surface area contributed by atoms with E-state index in [4.69, 9.17) is 0 Å². The minimum atomic E-state index is -0.0383. The number of benzene rings is 2. The Labute approximate surface area is 167 Å². The van der Waals surface area contributed by atoms with E-state index in [1.54, 1.807) is 7.05 Å². The molecule has 1 aliphatic rings. The van der Waals surface area contributed by atoms with Crippen LogP contribution in [-0.2, 0) is 6.54 Å². The lowest BCUT2D eigenvalue weighted by Gasteiger charge is -2.20. The quantitative estimate of drug-likeness (QED) is 0.532. The van der Waals surface area contributed by atoms with Gasteiger partial charge in [-0.15, -0.1) is 0 Å². The zero-order chi connectivity index (χ0) is 19.8. The monoisotopic (exact) mass is 379 g/mol. The Morgan fingerprint density at radius 3 is 2.54 bits per heavy atom. The van der Waals surface area contributed by atoms with E-state index in [9.17, 15) is 4.79 Å². The number of aliphatic imine (C=N–C) groups is 1. The molecule has 1 atom stereocenters. The standard InChI is InChI=1S/C22H29N5O/c1-3-24-21(28)18-11-9-17(10-12-18)15-25-22(23-2)26-19-13-14-27(16-19)20-7-5-4-6-8-20/h4-12,19H,3,13-16H2,1-2H3,(H,24,28)(H2,23,25,26). The fourth-order valence-corrected chi connectivity index (χ4v) is 3.36. The SMILES string of the molecule is CCNC(=O)c1ccc(CNC(=NC)NC2CCN(c3ccccc3)C2)cc1. The highest BCUT2D eigenvalue weighted by Crippen LogP contribution is 2.19. The van der Waals surface area contributed by atoms with E-state index < -0.39 is 0 Å². The second-order valence-corrected chi connectivity index (χ2v) is 6.89. The average Bonchev–Trinajstić information content (AvgIpc) is 3.21. The van der Waals surface area contributed by atoms with Crippen molar-refractivity contribution in [3.05, 3.63) is 65.7 Å². The summed E-state index contributed by atoms with van der Waals surface area (Å²) in [5.74, 6) is 0.761. The summed E-state index contributed by atoms with van der Waals surface area (Å²) in [5.41, 5.74) is 3.05. The molecular formula is C22H29N5O. The lowest BCUT2D eigenvalue weighted by Crippen LogP contribution is -2.44. The topological polar surface area (TPSA) is 68.8 Å². The van der Waals surface area contributed by atoms with E-state index >= 15 is 0 Å². The van der Waals surface area contributed by atoms with Crippen LogP contribution in [0.2, 0.25) is 0 Å². The lowest BCUT2D eigenvalue weighted by atomic mass is 10.1. The molecule has 1 aliphatic heterocycles. The van der Waals surface area contributed by atoms with Crippen molar-refractivity contribution in [2.75, 3.05) is 31.6 Å². The number of nitrogens with one attached hydrogen (secondary N) is 3. The molecule has 0 aromatic heterocycles. The van der Waals surface area contributed by atoms with E-state index in [0.29, 0.717) is 24.7 Å². The van der Waals surface area contributed by atoms with E-state index in [-0.39, 0.29) is 5.91 Å². The normalized spacial score (nSPS) is 16.7. The van der Waals surface area contributed by atoms with Crippen LogP contribution >= 0.6 is 0 Å². The predicted molar refractivity (Wildman–Crippen MR) is 115 cm³/mol. The number of hydrogen-bond acceptors (Lipinski definition) is 3. The van der Waals surface area contributed by atoms with E-state index in [1.165, 1.54) is 5.69 Å². The summed E-state index contributed by atoms with van der Waals surface area (Å²) in [4.78, 5) is 18.6. The maximum absolute atomic E-state index is 11.8. The van der Waals surface area contributed by atoms with Crippen LogP contribution in [0.3, 0.4) is 0 Å². The second kappa shape index (κ2) is 9.78. The number of guanidine groups is 1. The highest BCUT2D eigenvalue weighted by Gasteiger charge is 2.23. The van der Waals surface area contributed by atoms with Gasteiger partial charge in [-0.25, -0.2) is 0 Å². The van der Waals surface area contributed by atoms with Gasteiger partial charge in [0.2, 0.25) is 0 Å². The van der Waals surface area contributed by atoms with Gasteiger partial charge < -0.3 is 20.9 Å². The van der Waals surface area contributed by atoms with Gasteiger partial charge in [0.05, 0.1) is 0 Å². The van der Waals surface area contributed by atoms with Crippen molar-refractivity contribution in [3.63, 3.8) is 0 Å². The zero-order valence-corrected chi connectivity index (χ0v) is 16.6. The highest BCUT2D eigenvalue weighted by molar-refractivity contribution is 5.94. The minimum absolute atomic E-state index is 0.0383. The maximum Gasteiger partial charge on any atom is 0.251 e. The molecule has 6 nitrogen and oxygen atoms in total. The van der Waals surface area contributed by atoms with Gasteiger partial charge in [-0.2, -0.15) is 0 Å². The van der Waals surface area contributed by atoms with Gasteiger partial charge in [-0.3, -0.25) is 9.79 Å². The molecule has 6 heteroatoms. The fraction of sp³-hybridized carbons (Fsp3) is 0.364. The number of anilines is 1. The van der Waals surface area contributed by atoms with Crippen molar-refractivity contribution in [2.45, 2.75) is 25.9 Å². The van der Waals surface area contributed by atoms with Crippen LogP contribution in [0.25, 0.3) is 0 Å². The first-order valence-electron chi connectivity index (χ1n) is 9.84. The Morgan fingerprint density at radius 1 is 1.11 bits per heavy atom. The van der Waals surface area contributed by atoms with Crippen molar-refractivity contribution in [2.24, 2.45) is 4.99 Å². The summed E-state index contributed by atoms with van der Waals surface area (Å²) in [6, 6.07) is 18.5. The molecule has 1 unspecified atom stereocenters. The summed E-state index contributed by atoms with van der Waals surface area (Å²) in [5, 5.41) is 9.68. The molecule has 28 heavy (non-hydrogen) atoms. The predicted octanol–water partition coefficient (Wildman–Crippen LogP) is 2.38. The summed E-state index contributed by atoms with van der Waals surface area (Å²) >= 11 is 0. The molecule has 0 radical (unpaired) electrons. The molecule has 1 heterocycles. The third-order valence-corrected chi connectivity index (χ3v) is 4.89. The molecule has 1 fully saturated rings. The fourth-order valence-electron chi connectivity index (χ4n) is 3.36. The zero-order valence-electron chi connectivity index (χ0n) is 16.6. The number of hydrogen-bond donors (Lipinski definition) is 3. The number of amides is 1. The first-order valence-corrected chi connectivity index (χ1v) is 9.84. The van der Waals surface area contributed by atoms with Crippen molar-refractivity contribution in [1.29, 1.82) is 0 Å². The van der Waals surface area contributed by atoms with Gasteiger partial charge in [0.25, 0.3) is 5.91 Å². The Morgan fingerprint density at radius 2 is 1.86 bits per heavy atom. The van der Waals surface area contributed by atoms with Crippen LogP contribution < -0.4 is 20.9 Å². The molecule has 1 amide bonds. The average molecular weight is 380 g/mol. The summed E-state index contributed by atoms with van der Waals surface area (Å²) in [6.45, 7) is 5.21. The number of carbonyl (C=O) groups is 1. The highest BCUT2D eigenvalue weighted by atomic mass is 16.1. The van der Waals surface area contributed by atoms with Crippen molar-refractivity contribution < 1.29 is 4.79 Å². The first-order chi connectivity index (χ1) is 13.7. The first kappa shape index (κ1) is 19.7. The largest absolute Gasteiger partial charge is 0.369 e.